The zero-order valence-electron chi connectivity index (χ0n) is 17.3. The van der Waals surface area contributed by atoms with Crippen LogP contribution in [0.25, 0.3) is 0 Å². The zero-order chi connectivity index (χ0) is 20.7. The second kappa shape index (κ2) is 10.5. The number of benzene rings is 1. The summed E-state index contributed by atoms with van der Waals surface area (Å²) in [6, 6.07) is 7.13. The first-order valence-corrected chi connectivity index (χ1v) is 12.0. The molecule has 0 atom stereocenters. The Kier molecular flexibility index (Phi) is 8.06. The van der Waals surface area contributed by atoms with Crippen LogP contribution in [0.15, 0.2) is 29.2 Å². The minimum absolute atomic E-state index is 0.0909. The smallest absolute Gasteiger partial charge is 0.243 e. The molecule has 8 heteroatoms. The van der Waals surface area contributed by atoms with Crippen LogP contribution < -0.4 is 5.32 Å². The summed E-state index contributed by atoms with van der Waals surface area (Å²) in [4.78, 5) is 14.8. The van der Waals surface area contributed by atoms with Crippen molar-refractivity contribution in [3.63, 3.8) is 0 Å². The molecule has 3 rings (SSSR count). The van der Waals surface area contributed by atoms with E-state index in [1.54, 1.807) is 16.4 Å². The number of sulfonamides is 1. The maximum atomic E-state index is 12.9. The Labute approximate surface area is 174 Å². The van der Waals surface area contributed by atoms with E-state index in [1.807, 2.05) is 19.1 Å². The number of carbonyl (C=O) groups is 1. The third-order valence-electron chi connectivity index (χ3n) is 5.92. The lowest BCUT2D eigenvalue weighted by atomic mass is 9.93. The predicted molar refractivity (Wildman–Crippen MR) is 112 cm³/mol. The number of ether oxygens (including phenoxy) is 1. The summed E-state index contributed by atoms with van der Waals surface area (Å²) in [6.07, 6.45) is 2.96. The number of amides is 1. The molecular formula is C21H33N3O4S. The molecule has 162 valence electrons. The van der Waals surface area contributed by atoms with Gasteiger partial charge < -0.3 is 10.1 Å². The zero-order valence-corrected chi connectivity index (χ0v) is 18.1. The minimum atomic E-state index is -3.43. The fourth-order valence-corrected chi connectivity index (χ4v) is 5.72. The number of hydrogen-bond donors (Lipinski definition) is 1. The second-order valence-electron chi connectivity index (χ2n) is 7.96. The monoisotopic (exact) mass is 423 g/mol. The van der Waals surface area contributed by atoms with E-state index in [-0.39, 0.29) is 5.91 Å². The molecule has 1 N–H and O–H groups in total. The molecule has 29 heavy (non-hydrogen) atoms. The van der Waals surface area contributed by atoms with E-state index >= 15 is 0 Å². The van der Waals surface area contributed by atoms with Crippen LogP contribution in [0.2, 0.25) is 0 Å². The molecule has 1 aromatic rings. The first-order valence-electron chi connectivity index (χ1n) is 10.6. The quantitative estimate of drug-likeness (QED) is 0.688. The van der Waals surface area contributed by atoms with E-state index in [0.29, 0.717) is 36.9 Å². The van der Waals surface area contributed by atoms with E-state index in [1.165, 1.54) is 0 Å². The number of piperidine rings is 1. The van der Waals surface area contributed by atoms with E-state index < -0.39 is 10.0 Å². The molecule has 0 radical (unpaired) electrons. The number of morpholine rings is 1. The normalized spacial score (nSPS) is 19.9. The highest BCUT2D eigenvalue weighted by Gasteiger charge is 2.30. The van der Waals surface area contributed by atoms with Crippen molar-refractivity contribution in [3.8, 4) is 0 Å². The van der Waals surface area contributed by atoms with Crippen LogP contribution in [-0.2, 0) is 19.6 Å². The third-order valence-corrected chi connectivity index (χ3v) is 7.98. The van der Waals surface area contributed by atoms with Crippen LogP contribution >= 0.6 is 0 Å². The molecule has 2 aliphatic heterocycles. The molecule has 1 amide bonds. The van der Waals surface area contributed by atoms with Gasteiger partial charge in [-0.15, -0.1) is 0 Å². The molecule has 0 saturated carbocycles. The van der Waals surface area contributed by atoms with Crippen LogP contribution in [0.3, 0.4) is 0 Å². The number of aryl methyl sites for hydroxylation is 1. The number of nitrogens with one attached hydrogen (secondary N) is 1. The van der Waals surface area contributed by atoms with Crippen LogP contribution in [0.1, 0.15) is 31.2 Å². The van der Waals surface area contributed by atoms with E-state index in [9.17, 15) is 13.2 Å². The first-order chi connectivity index (χ1) is 14.0. The molecule has 2 saturated heterocycles. The van der Waals surface area contributed by atoms with Gasteiger partial charge in [0.2, 0.25) is 15.9 Å². The largest absolute Gasteiger partial charge is 0.379 e. The summed E-state index contributed by atoms with van der Waals surface area (Å²) in [5, 5.41) is 3.00. The number of rotatable bonds is 8. The van der Waals surface area contributed by atoms with Crippen molar-refractivity contribution in [1.82, 2.24) is 14.5 Å². The Morgan fingerprint density at radius 1 is 1.14 bits per heavy atom. The third kappa shape index (κ3) is 6.25. The van der Waals surface area contributed by atoms with Crippen molar-refractivity contribution < 1.29 is 17.9 Å². The number of nitrogens with zero attached hydrogens (tertiary/aromatic N) is 2. The van der Waals surface area contributed by atoms with Gasteiger partial charge in [-0.25, -0.2) is 8.42 Å². The van der Waals surface area contributed by atoms with Gasteiger partial charge in [0.1, 0.15) is 0 Å². The Morgan fingerprint density at radius 3 is 2.52 bits per heavy atom. The highest BCUT2D eigenvalue weighted by atomic mass is 32.2. The van der Waals surface area contributed by atoms with Gasteiger partial charge in [0.05, 0.1) is 18.1 Å². The van der Waals surface area contributed by atoms with Gasteiger partial charge in [-0.2, -0.15) is 4.31 Å². The van der Waals surface area contributed by atoms with Crippen molar-refractivity contribution in [2.75, 3.05) is 52.5 Å². The molecular weight excluding hydrogens is 390 g/mol. The van der Waals surface area contributed by atoms with Crippen molar-refractivity contribution in [1.29, 1.82) is 0 Å². The lowest BCUT2D eigenvalue weighted by Gasteiger charge is -2.31. The molecule has 0 spiro atoms. The average molecular weight is 424 g/mol. The summed E-state index contributed by atoms with van der Waals surface area (Å²) >= 11 is 0. The fourth-order valence-electron chi connectivity index (χ4n) is 4.03. The van der Waals surface area contributed by atoms with Gasteiger partial charge in [-0.05, 0) is 43.7 Å². The Morgan fingerprint density at radius 2 is 1.83 bits per heavy atom. The Bertz CT molecular complexity index is 770. The van der Waals surface area contributed by atoms with Crippen molar-refractivity contribution in [3.05, 3.63) is 29.8 Å². The summed E-state index contributed by atoms with van der Waals surface area (Å²) in [7, 11) is -3.43. The van der Waals surface area contributed by atoms with E-state index in [0.717, 1.165) is 57.7 Å². The molecule has 2 fully saturated rings. The number of hydrogen-bond acceptors (Lipinski definition) is 5. The van der Waals surface area contributed by atoms with Gasteiger partial charge in [0.15, 0.2) is 0 Å². The Balaban J connectivity index is 1.36. The van der Waals surface area contributed by atoms with Gasteiger partial charge in [-0.1, -0.05) is 18.2 Å². The lowest BCUT2D eigenvalue weighted by Crippen LogP contribution is -2.41. The standard InChI is InChI=1S/C21H33N3O4S/c1-18-4-2-3-5-20(18)29(26,27)24-11-8-19(9-12-24)6-7-21(25)22-10-13-23-14-16-28-17-15-23/h2-5,19H,6-17H2,1H3,(H,22,25). The van der Waals surface area contributed by atoms with E-state index in [2.05, 4.69) is 10.2 Å². The molecule has 2 heterocycles. The summed E-state index contributed by atoms with van der Waals surface area (Å²) in [5.74, 6) is 0.497. The number of carbonyl (C=O) groups excluding carboxylic acids is 1. The summed E-state index contributed by atoms with van der Waals surface area (Å²) in [5.41, 5.74) is 0.781. The first kappa shape index (κ1) is 22.2. The SMILES string of the molecule is Cc1ccccc1S(=O)(=O)N1CCC(CCC(=O)NCCN2CCOCC2)CC1. The van der Waals surface area contributed by atoms with Crippen LogP contribution in [-0.4, -0.2) is 76.0 Å². The van der Waals surface area contributed by atoms with Crippen LogP contribution in [0.4, 0.5) is 0 Å². The van der Waals surface area contributed by atoms with Gasteiger partial charge >= 0.3 is 0 Å². The maximum absolute atomic E-state index is 12.9. The molecule has 0 bridgehead atoms. The minimum Gasteiger partial charge on any atom is -0.379 e. The van der Waals surface area contributed by atoms with Crippen molar-refractivity contribution >= 4 is 15.9 Å². The molecule has 7 nitrogen and oxygen atoms in total. The molecule has 2 aliphatic rings. The van der Waals surface area contributed by atoms with Crippen LogP contribution in [0, 0.1) is 12.8 Å². The molecule has 0 aliphatic carbocycles. The van der Waals surface area contributed by atoms with Gasteiger partial charge in [0, 0.05) is 45.7 Å². The predicted octanol–water partition coefficient (Wildman–Crippen LogP) is 1.62. The van der Waals surface area contributed by atoms with Crippen molar-refractivity contribution in [2.45, 2.75) is 37.5 Å². The Hall–Kier alpha value is -1.48. The highest BCUT2D eigenvalue weighted by molar-refractivity contribution is 7.89. The second-order valence-corrected chi connectivity index (χ2v) is 9.86. The molecule has 0 unspecified atom stereocenters. The topological polar surface area (TPSA) is 79.0 Å². The maximum Gasteiger partial charge on any atom is 0.243 e. The van der Waals surface area contributed by atoms with Gasteiger partial charge in [0.25, 0.3) is 0 Å². The average Bonchev–Trinajstić information content (AvgIpc) is 2.73. The van der Waals surface area contributed by atoms with Gasteiger partial charge in [-0.3, -0.25) is 9.69 Å². The molecule has 1 aromatic carbocycles. The van der Waals surface area contributed by atoms with Crippen molar-refractivity contribution in [2.24, 2.45) is 5.92 Å². The highest BCUT2D eigenvalue weighted by Crippen LogP contribution is 2.27. The molecule has 0 aromatic heterocycles. The van der Waals surface area contributed by atoms with E-state index in [4.69, 9.17) is 4.74 Å². The lowest BCUT2D eigenvalue weighted by molar-refractivity contribution is -0.121. The fraction of sp³-hybridized carbons (Fsp3) is 0.667. The summed E-state index contributed by atoms with van der Waals surface area (Å²) < 4.78 is 32.7. The summed E-state index contributed by atoms with van der Waals surface area (Å²) in [6.45, 7) is 7.83. The van der Waals surface area contributed by atoms with Crippen LogP contribution in [0.5, 0.6) is 0 Å².